The molecule has 3 aromatic rings. The van der Waals surface area contributed by atoms with Crippen LogP contribution in [-0.2, 0) is 0 Å². The number of rotatable bonds is 4. The summed E-state index contributed by atoms with van der Waals surface area (Å²) in [5.74, 6) is -0.540. The molecule has 23 heavy (non-hydrogen) atoms. The van der Waals surface area contributed by atoms with Crippen LogP contribution < -0.4 is 0 Å². The van der Waals surface area contributed by atoms with Gasteiger partial charge in [-0.15, -0.1) is 0 Å². The second-order valence-electron chi connectivity index (χ2n) is 5.83. The maximum Gasteiger partial charge on any atom is 0.354 e. The fraction of sp³-hybridized carbons (Fsp3) is 0.235. The van der Waals surface area contributed by atoms with Crippen molar-refractivity contribution >= 4 is 28.5 Å². The van der Waals surface area contributed by atoms with Gasteiger partial charge in [-0.25, -0.2) is 9.78 Å². The van der Waals surface area contributed by atoms with Crippen molar-refractivity contribution in [3.05, 3.63) is 59.0 Å². The van der Waals surface area contributed by atoms with E-state index in [4.69, 9.17) is 16.7 Å². The first-order valence-corrected chi connectivity index (χ1v) is 7.84. The molecule has 0 saturated heterocycles. The number of aromatic nitrogens is 3. The molecule has 0 amide bonds. The van der Waals surface area contributed by atoms with E-state index in [-0.39, 0.29) is 11.7 Å². The Morgan fingerprint density at radius 2 is 2.09 bits per heavy atom. The molecule has 0 spiro atoms. The summed E-state index contributed by atoms with van der Waals surface area (Å²) >= 11 is 6.39. The minimum absolute atomic E-state index is 0.0257. The molecular formula is C17H14ClN3O2. The van der Waals surface area contributed by atoms with Crippen LogP contribution in [0.3, 0.4) is 0 Å². The number of halogens is 1. The first-order chi connectivity index (χ1) is 11.1. The second kappa shape index (κ2) is 5.35. The van der Waals surface area contributed by atoms with Crippen LogP contribution in [0.4, 0.5) is 0 Å². The van der Waals surface area contributed by atoms with Gasteiger partial charge >= 0.3 is 5.97 Å². The molecule has 0 radical (unpaired) electrons. The zero-order chi connectivity index (χ0) is 16.0. The number of carbonyl (C=O) groups is 1. The second-order valence-corrected chi connectivity index (χ2v) is 6.23. The van der Waals surface area contributed by atoms with Gasteiger partial charge in [0.15, 0.2) is 0 Å². The Labute approximate surface area is 137 Å². The van der Waals surface area contributed by atoms with Gasteiger partial charge in [0.05, 0.1) is 24.0 Å². The summed E-state index contributed by atoms with van der Waals surface area (Å²) in [4.78, 5) is 15.1. The van der Waals surface area contributed by atoms with Crippen LogP contribution in [0.2, 0.25) is 5.02 Å². The molecule has 1 saturated carbocycles. The Hall–Kier alpha value is -2.40. The molecule has 1 aliphatic carbocycles. The Bertz CT molecular complexity index is 902. The van der Waals surface area contributed by atoms with Crippen molar-refractivity contribution in [3.8, 4) is 0 Å². The van der Waals surface area contributed by atoms with E-state index in [1.165, 1.54) is 0 Å². The van der Waals surface area contributed by atoms with Crippen molar-refractivity contribution in [3.63, 3.8) is 0 Å². The Morgan fingerprint density at radius 3 is 2.78 bits per heavy atom. The highest BCUT2D eigenvalue weighted by Gasteiger charge is 2.36. The molecule has 1 aliphatic rings. The van der Waals surface area contributed by atoms with Gasteiger partial charge in [0, 0.05) is 10.4 Å². The van der Waals surface area contributed by atoms with Gasteiger partial charge in [-0.3, -0.25) is 4.68 Å². The zero-order valence-electron chi connectivity index (χ0n) is 12.2. The van der Waals surface area contributed by atoms with Gasteiger partial charge in [0.2, 0.25) is 0 Å². The minimum Gasteiger partial charge on any atom is -0.477 e. The normalized spacial score (nSPS) is 15.7. The maximum atomic E-state index is 11.1. The van der Waals surface area contributed by atoms with E-state index >= 15 is 0 Å². The fourth-order valence-electron chi connectivity index (χ4n) is 3.00. The van der Waals surface area contributed by atoms with Crippen LogP contribution in [0.5, 0.6) is 0 Å². The molecule has 116 valence electrons. The third-order valence-electron chi connectivity index (χ3n) is 4.26. The summed E-state index contributed by atoms with van der Waals surface area (Å²) < 4.78 is 1.92. The van der Waals surface area contributed by atoms with E-state index in [2.05, 4.69) is 10.1 Å². The topological polar surface area (TPSA) is 68.0 Å². The van der Waals surface area contributed by atoms with E-state index in [0.29, 0.717) is 5.92 Å². The molecule has 5 nitrogen and oxygen atoms in total. The Balaban J connectivity index is 1.86. The van der Waals surface area contributed by atoms with Gasteiger partial charge in [0.25, 0.3) is 0 Å². The highest BCUT2D eigenvalue weighted by atomic mass is 35.5. The average Bonchev–Trinajstić information content (AvgIpc) is 3.29. The quantitative estimate of drug-likeness (QED) is 0.791. The summed E-state index contributed by atoms with van der Waals surface area (Å²) in [5.41, 5.74) is 1.90. The van der Waals surface area contributed by atoms with Gasteiger partial charge in [0.1, 0.15) is 5.69 Å². The number of aromatic carboxylic acids is 1. The molecule has 0 aliphatic heterocycles. The molecule has 2 aromatic heterocycles. The number of hydrogen-bond donors (Lipinski definition) is 1. The third kappa shape index (κ3) is 2.47. The molecule has 1 unspecified atom stereocenters. The van der Waals surface area contributed by atoms with Gasteiger partial charge < -0.3 is 5.11 Å². The Morgan fingerprint density at radius 1 is 1.30 bits per heavy atom. The van der Waals surface area contributed by atoms with Crippen molar-refractivity contribution in [2.45, 2.75) is 18.9 Å². The van der Waals surface area contributed by atoms with Crippen LogP contribution >= 0.6 is 11.6 Å². The predicted octanol–water partition coefficient (Wildman–Crippen LogP) is 3.78. The first kappa shape index (κ1) is 14.2. The molecular weight excluding hydrogens is 314 g/mol. The molecule has 1 N–H and O–H groups in total. The SMILES string of the molecule is O=C(O)c1cc2cnn(C(c3ccccc3Cl)C3CC3)c2cn1. The lowest BCUT2D eigenvalue weighted by Gasteiger charge is -2.20. The Kier molecular flexibility index (Phi) is 3.31. The first-order valence-electron chi connectivity index (χ1n) is 7.46. The summed E-state index contributed by atoms with van der Waals surface area (Å²) in [7, 11) is 0. The monoisotopic (exact) mass is 327 g/mol. The van der Waals surface area contributed by atoms with Crippen LogP contribution in [-0.4, -0.2) is 25.8 Å². The number of carboxylic acid groups (broad SMARTS) is 1. The molecule has 1 fully saturated rings. The molecule has 1 aromatic carbocycles. The molecule has 4 rings (SSSR count). The van der Waals surface area contributed by atoms with E-state index in [0.717, 1.165) is 34.3 Å². The molecule has 2 heterocycles. The van der Waals surface area contributed by atoms with E-state index in [1.807, 2.05) is 28.9 Å². The summed E-state index contributed by atoms with van der Waals surface area (Å²) in [6.45, 7) is 0. The average molecular weight is 328 g/mol. The molecule has 1 atom stereocenters. The smallest absolute Gasteiger partial charge is 0.354 e. The number of hydrogen-bond acceptors (Lipinski definition) is 3. The lowest BCUT2D eigenvalue weighted by Crippen LogP contribution is -2.15. The van der Waals surface area contributed by atoms with Crippen LogP contribution in [0.1, 0.15) is 34.9 Å². The van der Waals surface area contributed by atoms with Gasteiger partial charge in [-0.1, -0.05) is 29.8 Å². The lowest BCUT2D eigenvalue weighted by atomic mass is 10.0. The highest BCUT2D eigenvalue weighted by Crippen LogP contribution is 2.45. The third-order valence-corrected chi connectivity index (χ3v) is 4.60. The summed E-state index contributed by atoms with van der Waals surface area (Å²) in [6, 6.07) is 9.41. The molecule has 6 heteroatoms. The highest BCUT2D eigenvalue weighted by molar-refractivity contribution is 6.31. The fourth-order valence-corrected chi connectivity index (χ4v) is 3.24. The van der Waals surface area contributed by atoms with Crippen LogP contribution in [0.25, 0.3) is 10.9 Å². The van der Waals surface area contributed by atoms with Crippen molar-refractivity contribution in [2.75, 3.05) is 0 Å². The van der Waals surface area contributed by atoms with E-state index in [1.54, 1.807) is 18.5 Å². The van der Waals surface area contributed by atoms with E-state index in [9.17, 15) is 4.79 Å². The van der Waals surface area contributed by atoms with Crippen molar-refractivity contribution in [1.29, 1.82) is 0 Å². The minimum atomic E-state index is -1.04. The molecule has 0 bridgehead atoms. The largest absolute Gasteiger partial charge is 0.477 e. The lowest BCUT2D eigenvalue weighted by molar-refractivity contribution is 0.0690. The summed E-state index contributed by atoms with van der Waals surface area (Å²) in [6.07, 6.45) is 5.55. The number of fused-ring (bicyclic) bond motifs is 1. The van der Waals surface area contributed by atoms with Gasteiger partial charge in [-0.05, 0) is 36.5 Å². The maximum absolute atomic E-state index is 11.1. The number of carboxylic acids is 1. The number of nitrogens with zero attached hydrogens (tertiary/aromatic N) is 3. The van der Waals surface area contributed by atoms with Crippen LogP contribution in [0, 0.1) is 5.92 Å². The van der Waals surface area contributed by atoms with Crippen molar-refractivity contribution in [1.82, 2.24) is 14.8 Å². The standard InChI is InChI=1S/C17H14ClN3O2/c18-13-4-2-1-3-12(13)16(10-5-6-10)21-15-9-19-14(17(22)23)7-11(15)8-20-21/h1-4,7-10,16H,5-6H2,(H,22,23). The number of pyridine rings is 1. The van der Waals surface area contributed by atoms with Gasteiger partial charge in [-0.2, -0.15) is 5.10 Å². The summed E-state index contributed by atoms with van der Waals surface area (Å²) in [5, 5.41) is 15.1. The predicted molar refractivity (Wildman–Crippen MR) is 86.8 cm³/mol. The van der Waals surface area contributed by atoms with Crippen molar-refractivity contribution < 1.29 is 9.90 Å². The van der Waals surface area contributed by atoms with Crippen molar-refractivity contribution in [2.24, 2.45) is 5.92 Å². The number of benzene rings is 1. The zero-order valence-corrected chi connectivity index (χ0v) is 12.9. The van der Waals surface area contributed by atoms with E-state index < -0.39 is 5.97 Å². The van der Waals surface area contributed by atoms with Crippen LogP contribution in [0.15, 0.2) is 42.7 Å².